The lowest BCUT2D eigenvalue weighted by atomic mass is 10.0. The molecule has 3 nitrogen and oxygen atoms in total. The predicted molar refractivity (Wildman–Crippen MR) is 74.1 cm³/mol. The van der Waals surface area contributed by atoms with Crippen LogP contribution in [0.5, 0.6) is 11.5 Å². The smallest absolute Gasteiger partial charge is 0.161 e. The summed E-state index contributed by atoms with van der Waals surface area (Å²) < 4.78 is 10.4. The molecule has 1 aromatic carbocycles. The van der Waals surface area contributed by atoms with Crippen molar-refractivity contribution in [2.75, 3.05) is 14.2 Å². The van der Waals surface area contributed by atoms with Crippen molar-refractivity contribution < 1.29 is 14.6 Å². The van der Waals surface area contributed by atoms with Crippen LogP contribution in [0.2, 0.25) is 0 Å². The molecule has 3 heteroatoms. The van der Waals surface area contributed by atoms with E-state index in [4.69, 9.17) is 9.47 Å². The molecule has 0 spiro atoms. The average molecular weight is 250 g/mol. The minimum Gasteiger partial charge on any atom is -0.493 e. The largest absolute Gasteiger partial charge is 0.493 e. The Morgan fingerprint density at radius 3 is 2.39 bits per heavy atom. The van der Waals surface area contributed by atoms with Gasteiger partial charge in [0.2, 0.25) is 0 Å². The van der Waals surface area contributed by atoms with Crippen molar-refractivity contribution in [3.8, 4) is 11.5 Å². The van der Waals surface area contributed by atoms with Gasteiger partial charge < -0.3 is 14.6 Å². The Bertz CT molecular complexity index is 403. The fourth-order valence-corrected chi connectivity index (χ4v) is 1.61. The number of benzene rings is 1. The first kappa shape index (κ1) is 14.6. The predicted octanol–water partition coefficient (Wildman–Crippen LogP) is 3.27. The summed E-state index contributed by atoms with van der Waals surface area (Å²) in [5.41, 5.74) is 0.450. The molecule has 1 rings (SSSR count). The summed E-state index contributed by atoms with van der Waals surface area (Å²) in [4.78, 5) is 0. The average Bonchev–Trinajstić information content (AvgIpc) is 2.33. The molecule has 0 amide bonds. The molecule has 0 unspecified atom stereocenters. The maximum atomic E-state index is 9.59. The van der Waals surface area contributed by atoms with Crippen LogP contribution in [0.4, 0.5) is 0 Å². The zero-order valence-electron chi connectivity index (χ0n) is 11.6. The number of aliphatic hydroxyl groups is 1. The van der Waals surface area contributed by atoms with E-state index in [2.05, 4.69) is 6.08 Å². The van der Waals surface area contributed by atoms with Crippen molar-refractivity contribution in [1.82, 2.24) is 0 Å². The van der Waals surface area contributed by atoms with E-state index in [1.807, 2.05) is 38.1 Å². The maximum Gasteiger partial charge on any atom is 0.161 e. The third-order valence-electron chi connectivity index (χ3n) is 2.64. The molecule has 0 bridgehead atoms. The van der Waals surface area contributed by atoms with Gasteiger partial charge in [-0.25, -0.2) is 0 Å². The second-order valence-electron chi connectivity index (χ2n) is 4.87. The van der Waals surface area contributed by atoms with Crippen molar-refractivity contribution in [3.05, 3.63) is 29.8 Å². The second-order valence-corrected chi connectivity index (χ2v) is 4.87. The highest BCUT2D eigenvalue weighted by Crippen LogP contribution is 2.28. The van der Waals surface area contributed by atoms with Gasteiger partial charge in [0.05, 0.1) is 19.8 Å². The van der Waals surface area contributed by atoms with Crippen LogP contribution in [0.1, 0.15) is 32.3 Å². The molecule has 0 aromatic heterocycles. The van der Waals surface area contributed by atoms with Crippen molar-refractivity contribution in [2.45, 2.75) is 32.3 Å². The highest BCUT2D eigenvalue weighted by atomic mass is 16.5. The number of hydrogen-bond acceptors (Lipinski definition) is 3. The summed E-state index contributed by atoms with van der Waals surface area (Å²) in [6.45, 7) is 3.63. The topological polar surface area (TPSA) is 38.7 Å². The molecular formula is C15H22O3. The molecule has 0 radical (unpaired) electrons. The molecule has 0 fully saturated rings. The number of ether oxygens (including phenoxy) is 2. The minimum absolute atomic E-state index is 0.609. The quantitative estimate of drug-likeness (QED) is 0.842. The van der Waals surface area contributed by atoms with Gasteiger partial charge in [-0.2, -0.15) is 0 Å². The fraction of sp³-hybridized carbons (Fsp3) is 0.467. The third-order valence-corrected chi connectivity index (χ3v) is 2.64. The Balaban J connectivity index is 2.65. The molecule has 1 N–H and O–H groups in total. The van der Waals surface area contributed by atoms with E-state index in [1.165, 1.54) is 0 Å². The molecule has 0 heterocycles. The molecule has 0 saturated carbocycles. The third kappa shape index (κ3) is 4.80. The molecule has 0 atom stereocenters. The van der Waals surface area contributed by atoms with Gasteiger partial charge in [-0.15, -0.1) is 0 Å². The van der Waals surface area contributed by atoms with Gasteiger partial charge >= 0.3 is 0 Å². The minimum atomic E-state index is -0.609. The van der Waals surface area contributed by atoms with Crippen LogP contribution in [-0.4, -0.2) is 24.9 Å². The SMILES string of the molecule is COc1ccc(/C=C/CCC(C)(C)O)cc1OC. The second kappa shape index (κ2) is 6.45. The van der Waals surface area contributed by atoms with E-state index in [1.54, 1.807) is 14.2 Å². The first-order chi connectivity index (χ1) is 8.46. The molecule has 1 aromatic rings. The first-order valence-electron chi connectivity index (χ1n) is 6.07. The normalized spacial score (nSPS) is 11.8. The lowest BCUT2D eigenvalue weighted by molar-refractivity contribution is 0.0722. The van der Waals surface area contributed by atoms with Crippen LogP contribution >= 0.6 is 0 Å². The van der Waals surface area contributed by atoms with Crippen molar-refractivity contribution in [1.29, 1.82) is 0 Å². The molecule has 0 aliphatic carbocycles. The zero-order valence-corrected chi connectivity index (χ0v) is 11.6. The van der Waals surface area contributed by atoms with Crippen LogP contribution in [0.15, 0.2) is 24.3 Å². The van der Waals surface area contributed by atoms with Gasteiger partial charge in [0, 0.05) is 0 Å². The standard InChI is InChI=1S/C15H22O3/c1-15(2,16)10-6-5-7-12-8-9-13(17-3)14(11-12)18-4/h5,7-9,11,16H,6,10H2,1-4H3/b7-5+. The van der Waals surface area contributed by atoms with Crippen LogP contribution in [0, 0.1) is 0 Å². The van der Waals surface area contributed by atoms with Gasteiger partial charge in [0.15, 0.2) is 11.5 Å². The van der Waals surface area contributed by atoms with Crippen molar-refractivity contribution >= 4 is 6.08 Å². The zero-order chi connectivity index (χ0) is 13.6. The monoisotopic (exact) mass is 250 g/mol. The van der Waals surface area contributed by atoms with E-state index in [9.17, 15) is 5.11 Å². The number of hydrogen-bond donors (Lipinski definition) is 1. The van der Waals surface area contributed by atoms with E-state index in [0.29, 0.717) is 0 Å². The van der Waals surface area contributed by atoms with Gasteiger partial charge in [0.25, 0.3) is 0 Å². The van der Waals surface area contributed by atoms with Gasteiger partial charge in [-0.3, -0.25) is 0 Å². The highest BCUT2D eigenvalue weighted by Gasteiger charge is 2.09. The molecular weight excluding hydrogens is 228 g/mol. The van der Waals surface area contributed by atoms with E-state index >= 15 is 0 Å². The van der Waals surface area contributed by atoms with E-state index in [0.717, 1.165) is 29.9 Å². The first-order valence-corrected chi connectivity index (χ1v) is 6.07. The summed E-state index contributed by atoms with van der Waals surface area (Å²) >= 11 is 0. The Labute approximate surface area is 109 Å². The van der Waals surface area contributed by atoms with E-state index in [-0.39, 0.29) is 0 Å². The summed E-state index contributed by atoms with van der Waals surface area (Å²) in [6.07, 6.45) is 5.67. The molecule has 0 aliphatic rings. The van der Waals surface area contributed by atoms with Gasteiger partial charge in [-0.1, -0.05) is 18.2 Å². The summed E-state index contributed by atoms with van der Waals surface area (Å²) in [7, 11) is 3.25. The van der Waals surface area contributed by atoms with Crippen molar-refractivity contribution in [2.24, 2.45) is 0 Å². The number of allylic oxidation sites excluding steroid dienone is 1. The summed E-state index contributed by atoms with van der Waals surface area (Å²) in [6, 6.07) is 5.79. The summed E-state index contributed by atoms with van der Waals surface area (Å²) in [5, 5.41) is 9.59. The lowest BCUT2D eigenvalue weighted by Crippen LogP contribution is -2.17. The molecule has 0 saturated heterocycles. The van der Waals surface area contributed by atoms with Crippen LogP contribution in [0.3, 0.4) is 0 Å². The molecule has 18 heavy (non-hydrogen) atoms. The Hall–Kier alpha value is -1.48. The number of rotatable bonds is 6. The van der Waals surface area contributed by atoms with Crippen molar-refractivity contribution in [3.63, 3.8) is 0 Å². The fourth-order valence-electron chi connectivity index (χ4n) is 1.61. The van der Waals surface area contributed by atoms with Crippen LogP contribution in [-0.2, 0) is 0 Å². The van der Waals surface area contributed by atoms with Gasteiger partial charge in [-0.05, 0) is 44.4 Å². The highest BCUT2D eigenvalue weighted by molar-refractivity contribution is 5.55. The Morgan fingerprint density at radius 1 is 1.17 bits per heavy atom. The Morgan fingerprint density at radius 2 is 1.83 bits per heavy atom. The summed E-state index contributed by atoms with van der Waals surface area (Å²) in [5.74, 6) is 1.45. The maximum absolute atomic E-state index is 9.59. The van der Waals surface area contributed by atoms with Crippen LogP contribution in [0.25, 0.3) is 6.08 Å². The van der Waals surface area contributed by atoms with E-state index < -0.39 is 5.60 Å². The molecule has 0 aliphatic heterocycles. The lowest BCUT2D eigenvalue weighted by Gasteiger charge is -2.14. The number of methoxy groups -OCH3 is 2. The van der Waals surface area contributed by atoms with Gasteiger partial charge in [0.1, 0.15) is 0 Å². The molecule has 100 valence electrons. The van der Waals surface area contributed by atoms with Crippen LogP contribution < -0.4 is 9.47 Å². The Kier molecular flexibility index (Phi) is 5.23.